The number of hydrogen-bond donors (Lipinski definition) is 1. The summed E-state index contributed by atoms with van der Waals surface area (Å²) >= 11 is 11.4. The van der Waals surface area contributed by atoms with Crippen LogP contribution in [0.3, 0.4) is 0 Å². The molecule has 4 heteroatoms. The number of thiophene rings is 1. The van der Waals surface area contributed by atoms with E-state index in [1.165, 1.54) is 16.0 Å². The van der Waals surface area contributed by atoms with E-state index in [2.05, 4.69) is 58.7 Å². The molecule has 0 spiro atoms. The first-order valence-corrected chi connectivity index (χ1v) is 8.41. The topological polar surface area (TPSA) is 12.0 Å². The van der Waals surface area contributed by atoms with E-state index >= 15 is 0 Å². The Balaban J connectivity index is 2.37. The molecule has 102 valence electrons. The van der Waals surface area contributed by atoms with Crippen LogP contribution in [0.25, 0.3) is 0 Å². The molecule has 2 rings (SSSR count). The molecule has 1 unspecified atom stereocenters. The first kappa shape index (κ1) is 15.0. The number of aryl methyl sites for hydroxylation is 1. The average molecular weight is 359 g/mol. The van der Waals surface area contributed by atoms with E-state index in [1.807, 2.05) is 6.07 Å². The van der Waals surface area contributed by atoms with Gasteiger partial charge in [0.05, 0.1) is 11.1 Å². The molecule has 0 radical (unpaired) electrons. The fourth-order valence-electron chi connectivity index (χ4n) is 2.02. The minimum absolute atomic E-state index is 0.244. The Labute approximate surface area is 132 Å². The van der Waals surface area contributed by atoms with Crippen LogP contribution in [0.1, 0.15) is 35.4 Å². The summed E-state index contributed by atoms with van der Waals surface area (Å²) in [6, 6.07) is 8.57. The molecule has 19 heavy (non-hydrogen) atoms. The number of halogens is 2. The predicted octanol–water partition coefficient (Wildman–Crippen LogP) is 5.56. The van der Waals surface area contributed by atoms with E-state index in [4.69, 9.17) is 11.6 Å². The van der Waals surface area contributed by atoms with E-state index in [1.54, 1.807) is 11.3 Å². The summed E-state index contributed by atoms with van der Waals surface area (Å²) in [7, 11) is 0. The van der Waals surface area contributed by atoms with Gasteiger partial charge in [-0.15, -0.1) is 11.3 Å². The minimum atomic E-state index is 0.244. The first-order chi connectivity index (χ1) is 9.13. The Kier molecular flexibility index (Phi) is 5.46. The molecule has 0 saturated heterocycles. The molecular weight excluding hydrogens is 342 g/mol. The molecule has 1 aromatic heterocycles. The van der Waals surface area contributed by atoms with Crippen LogP contribution in [-0.2, 0) is 0 Å². The van der Waals surface area contributed by atoms with Crippen molar-refractivity contribution in [2.75, 3.05) is 6.54 Å². The molecule has 0 aliphatic rings. The van der Waals surface area contributed by atoms with Crippen molar-refractivity contribution in [2.24, 2.45) is 0 Å². The summed E-state index contributed by atoms with van der Waals surface area (Å²) in [6.45, 7) is 5.35. The zero-order valence-electron chi connectivity index (χ0n) is 11.0. The third kappa shape index (κ3) is 3.60. The molecule has 1 N–H and O–H groups in total. The molecule has 0 amide bonds. The molecule has 1 heterocycles. The highest BCUT2D eigenvalue weighted by atomic mass is 79.9. The highest BCUT2D eigenvalue weighted by molar-refractivity contribution is 9.10. The Morgan fingerprint density at radius 2 is 2.16 bits per heavy atom. The summed E-state index contributed by atoms with van der Waals surface area (Å²) in [5, 5.41) is 6.52. The molecule has 2 aromatic rings. The lowest BCUT2D eigenvalue weighted by Gasteiger charge is -2.19. The van der Waals surface area contributed by atoms with Crippen LogP contribution in [0.15, 0.2) is 34.1 Å². The van der Waals surface area contributed by atoms with Gasteiger partial charge in [-0.3, -0.25) is 0 Å². The van der Waals surface area contributed by atoms with E-state index in [0.717, 1.165) is 22.5 Å². The second-order valence-corrected chi connectivity index (χ2v) is 6.74. The zero-order valence-corrected chi connectivity index (χ0v) is 14.2. The summed E-state index contributed by atoms with van der Waals surface area (Å²) < 4.78 is 0.948. The molecule has 0 saturated carbocycles. The molecule has 0 bridgehead atoms. The van der Waals surface area contributed by atoms with Crippen LogP contribution >= 0.6 is 38.9 Å². The average Bonchev–Trinajstić information content (AvgIpc) is 2.80. The van der Waals surface area contributed by atoms with Crippen molar-refractivity contribution in [1.29, 1.82) is 0 Å². The van der Waals surface area contributed by atoms with Crippen LogP contribution in [-0.4, -0.2) is 6.54 Å². The van der Waals surface area contributed by atoms with Gasteiger partial charge in [0, 0.05) is 9.35 Å². The number of hydrogen-bond acceptors (Lipinski definition) is 2. The maximum absolute atomic E-state index is 6.08. The Morgan fingerprint density at radius 1 is 1.37 bits per heavy atom. The largest absolute Gasteiger partial charge is 0.306 e. The van der Waals surface area contributed by atoms with Gasteiger partial charge in [-0.2, -0.15) is 0 Å². The SMILES string of the molecule is CCCNC(c1ccc(Cl)c(Br)c1)c1sccc1C. The van der Waals surface area contributed by atoms with Crippen molar-refractivity contribution in [3.8, 4) is 0 Å². The van der Waals surface area contributed by atoms with E-state index < -0.39 is 0 Å². The van der Waals surface area contributed by atoms with Crippen molar-refractivity contribution in [1.82, 2.24) is 5.32 Å². The smallest absolute Gasteiger partial charge is 0.0674 e. The molecule has 0 aliphatic carbocycles. The van der Waals surface area contributed by atoms with Crippen LogP contribution < -0.4 is 5.32 Å². The van der Waals surface area contributed by atoms with E-state index in [9.17, 15) is 0 Å². The summed E-state index contributed by atoms with van der Waals surface area (Å²) in [5.74, 6) is 0. The predicted molar refractivity (Wildman–Crippen MR) is 88.3 cm³/mol. The van der Waals surface area contributed by atoms with Crippen molar-refractivity contribution in [3.05, 3.63) is 55.1 Å². The molecule has 1 nitrogen and oxygen atoms in total. The quantitative estimate of drug-likeness (QED) is 0.737. The number of rotatable bonds is 5. The molecule has 1 atom stereocenters. The summed E-state index contributed by atoms with van der Waals surface area (Å²) in [4.78, 5) is 1.38. The van der Waals surface area contributed by atoms with Gasteiger partial charge in [0.25, 0.3) is 0 Å². The summed E-state index contributed by atoms with van der Waals surface area (Å²) in [5.41, 5.74) is 2.58. The second kappa shape index (κ2) is 6.89. The van der Waals surface area contributed by atoms with Crippen molar-refractivity contribution >= 4 is 38.9 Å². The summed E-state index contributed by atoms with van der Waals surface area (Å²) in [6.07, 6.45) is 1.12. The zero-order chi connectivity index (χ0) is 13.8. The highest BCUT2D eigenvalue weighted by Gasteiger charge is 2.17. The van der Waals surface area contributed by atoms with E-state index in [0.29, 0.717) is 0 Å². The van der Waals surface area contributed by atoms with Gasteiger partial charge in [-0.25, -0.2) is 0 Å². The Hall–Kier alpha value is -0.350. The van der Waals surface area contributed by atoms with Gasteiger partial charge >= 0.3 is 0 Å². The van der Waals surface area contributed by atoms with Gasteiger partial charge in [0.1, 0.15) is 0 Å². The lowest BCUT2D eigenvalue weighted by molar-refractivity contribution is 0.604. The maximum Gasteiger partial charge on any atom is 0.0674 e. The molecular formula is C15H17BrClNS. The normalized spacial score (nSPS) is 12.6. The fourth-order valence-corrected chi connectivity index (χ4v) is 3.56. The monoisotopic (exact) mass is 357 g/mol. The lowest BCUT2D eigenvalue weighted by atomic mass is 10.0. The minimum Gasteiger partial charge on any atom is -0.306 e. The van der Waals surface area contributed by atoms with Crippen LogP contribution in [0.2, 0.25) is 5.02 Å². The number of benzene rings is 1. The standard InChI is InChI=1S/C15H17BrClNS/c1-3-7-18-14(15-10(2)6-8-19-15)11-4-5-13(17)12(16)9-11/h4-6,8-9,14,18H,3,7H2,1-2H3. The fraction of sp³-hybridized carbons (Fsp3) is 0.333. The maximum atomic E-state index is 6.08. The van der Waals surface area contributed by atoms with Gasteiger partial charge in [0.2, 0.25) is 0 Å². The van der Waals surface area contributed by atoms with Crippen molar-refractivity contribution in [2.45, 2.75) is 26.3 Å². The number of nitrogens with one attached hydrogen (secondary N) is 1. The van der Waals surface area contributed by atoms with Gasteiger partial charge in [-0.1, -0.05) is 24.6 Å². The highest BCUT2D eigenvalue weighted by Crippen LogP contribution is 2.32. The molecule has 0 aliphatic heterocycles. The van der Waals surface area contributed by atoms with Gasteiger partial charge in [0.15, 0.2) is 0 Å². The third-order valence-electron chi connectivity index (χ3n) is 3.04. The van der Waals surface area contributed by atoms with Crippen LogP contribution in [0.4, 0.5) is 0 Å². The third-order valence-corrected chi connectivity index (χ3v) is 5.34. The van der Waals surface area contributed by atoms with Gasteiger partial charge < -0.3 is 5.32 Å². The lowest BCUT2D eigenvalue weighted by Crippen LogP contribution is -2.23. The Morgan fingerprint density at radius 3 is 2.74 bits per heavy atom. The van der Waals surface area contributed by atoms with Crippen molar-refractivity contribution < 1.29 is 0 Å². The van der Waals surface area contributed by atoms with Crippen LogP contribution in [0, 0.1) is 6.92 Å². The second-order valence-electron chi connectivity index (χ2n) is 4.53. The van der Waals surface area contributed by atoms with Crippen LogP contribution in [0.5, 0.6) is 0 Å². The first-order valence-electron chi connectivity index (χ1n) is 6.35. The van der Waals surface area contributed by atoms with E-state index in [-0.39, 0.29) is 6.04 Å². The molecule has 0 fully saturated rings. The van der Waals surface area contributed by atoms with Gasteiger partial charge in [-0.05, 0) is 70.5 Å². The Bertz CT molecular complexity index is 553. The van der Waals surface area contributed by atoms with Crippen molar-refractivity contribution in [3.63, 3.8) is 0 Å². The molecule has 1 aromatic carbocycles.